The van der Waals surface area contributed by atoms with Gasteiger partial charge >= 0.3 is 5.97 Å². The molecule has 1 amide bonds. The van der Waals surface area contributed by atoms with E-state index in [9.17, 15) is 9.59 Å². The Morgan fingerprint density at radius 3 is 2.42 bits per heavy atom. The zero-order valence-corrected chi connectivity index (χ0v) is 21.8. The number of nitrogens with one attached hydrogen (secondary N) is 2. The van der Waals surface area contributed by atoms with Crippen molar-refractivity contribution >= 4 is 34.5 Å². The molecule has 5 rings (SSSR count). The van der Waals surface area contributed by atoms with E-state index in [0.29, 0.717) is 39.6 Å². The molecule has 0 aliphatic carbocycles. The van der Waals surface area contributed by atoms with E-state index >= 15 is 0 Å². The fourth-order valence-corrected chi connectivity index (χ4v) is 4.64. The number of amides is 1. The quantitative estimate of drug-likeness (QED) is 0.294. The minimum Gasteiger partial charge on any atom is -0.462 e. The first-order valence-electron chi connectivity index (χ1n) is 12.9. The molecule has 2 aliphatic heterocycles. The van der Waals surface area contributed by atoms with Crippen molar-refractivity contribution in [1.29, 1.82) is 0 Å². The van der Waals surface area contributed by atoms with Gasteiger partial charge in [-0.15, -0.1) is 0 Å². The Morgan fingerprint density at radius 2 is 1.68 bits per heavy atom. The summed E-state index contributed by atoms with van der Waals surface area (Å²) < 4.78 is 16.2. The Kier molecular flexibility index (Phi) is 7.33. The lowest BCUT2D eigenvalue weighted by atomic mass is 9.98. The van der Waals surface area contributed by atoms with E-state index in [1.165, 1.54) is 5.56 Å². The van der Waals surface area contributed by atoms with E-state index in [1.807, 2.05) is 30.3 Å². The van der Waals surface area contributed by atoms with Crippen molar-refractivity contribution in [2.24, 2.45) is 0 Å². The van der Waals surface area contributed by atoms with Gasteiger partial charge in [0, 0.05) is 23.4 Å². The summed E-state index contributed by atoms with van der Waals surface area (Å²) >= 11 is 0. The number of carbonyl (C=O) groups excluding carboxylic acids is 2. The number of benzene rings is 3. The highest BCUT2D eigenvalue weighted by Crippen LogP contribution is 2.41. The molecule has 0 atom stereocenters. The van der Waals surface area contributed by atoms with E-state index in [-0.39, 0.29) is 19.3 Å². The second-order valence-corrected chi connectivity index (χ2v) is 9.04. The minimum atomic E-state index is -0.430. The van der Waals surface area contributed by atoms with Crippen molar-refractivity contribution < 1.29 is 23.8 Å². The molecule has 8 nitrogen and oxygen atoms in total. The van der Waals surface area contributed by atoms with E-state index in [1.54, 1.807) is 25.1 Å². The van der Waals surface area contributed by atoms with E-state index < -0.39 is 5.97 Å². The summed E-state index contributed by atoms with van der Waals surface area (Å²) in [4.78, 5) is 27.9. The van der Waals surface area contributed by atoms with Crippen molar-refractivity contribution in [2.75, 3.05) is 37.1 Å². The SMILES string of the molecule is CCOC(=O)c1ccc2c(c1)NC(=O)C2=C(Nc1ccc(CN(CC)CC)cc1)c1ccc2c(c1)OCO2. The molecule has 0 bridgehead atoms. The third-order valence-electron chi connectivity index (χ3n) is 6.71. The summed E-state index contributed by atoms with van der Waals surface area (Å²) in [5.41, 5.74) is 5.57. The van der Waals surface area contributed by atoms with Crippen LogP contribution in [0.3, 0.4) is 0 Å². The maximum Gasteiger partial charge on any atom is 0.338 e. The number of rotatable bonds is 9. The van der Waals surface area contributed by atoms with Crippen LogP contribution in [0.2, 0.25) is 0 Å². The lowest BCUT2D eigenvalue weighted by Crippen LogP contribution is -2.22. The van der Waals surface area contributed by atoms with Crippen LogP contribution in [0, 0.1) is 0 Å². The van der Waals surface area contributed by atoms with Gasteiger partial charge in [-0.1, -0.05) is 32.0 Å². The number of hydrogen-bond donors (Lipinski definition) is 2. The summed E-state index contributed by atoms with van der Waals surface area (Å²) in [7, 11) is 0. The normalized spacial score (nSPS) is 14.8. The Hall–Kier alpha value is -4.30. The van der Waals surface area contributed by atoms with Crippen LogP contribution in [0.15, 0.2) is 60.7 Å². The maximum atomic E-state index is 13.3. The third-order valence-corrected chi connectivity index (χ3v) is 6.71. The Labute approximate surface area is 222 Å². The summed E-state index contributed by atoms with van der Waals surface area (Å²) in [6.07, 6.45) is 0. The average molecular weight is 514 g/mol. The van der Waals surface area contributed by atoms with E-state index in [2.05, 4.69) is 41.5 Å². The lowest BCUT2D eigenvalue weighted by Gasteiger charge is -2.19. The van der Waals surface area contributed by atoms with Crippen molar-refractivity contribution in [2.45, 2.75) is 27.3 Å². The molecule has 3 aromatic rings. The fraction of sp³-hybridized carbons (Fsp3) is 0.267. The van der Waals surface area contributed by atoms with E-state index in [0.717, 1.165) is 30.9 Å². The Morgan fingerprint density at radius 1 is 0.947 bits per heavy atom. The van der Waals surface area contributed by atoms with Gasteiger partial charge in [-0.05, 0) is 68.0 Å². The monoisotopic (exact) mass is 513 g/mol. The van der Waals surface area contributed by atoms with Gasteiger partial charge in [0.05, 0.1) is 29.1 Å². The first-order valence-corrected chi connectivity index (χ1v) is 12.9. The number of esters is 1. The topological polar surface area (TPSA) is 89.1 Å². The molecule has 0 fully saturated rings. The lowest BCUT2D eigenvalue weighted by molar-refractivity contribution is -0.110. The van der Waals surface area contributed by atoms with Gasteiger partial charge in [-0.3, -0.25) is 9.69 Å². The standard InChI is InChI=1S/C30H31N3O5/c1-4-33(5-2)17-19-7-11-22(12-8-19)31-28(20-10-14-25-26(16-20)38-18-37-25)27-23-13-9-21(30(35)36-6-3)15-24(23)32-29(27)34/h7-16,31H,4-6,17-18H2,1-3H3,(H,32,34). The van der Waals surface area contributed by atoms with Crippen molar-refractivity contribution in [3.63, 3.8) is 0 Å². The molecule has 2 heterocycles. The van der Waals surface area contributed by atoms with Gasteiger partial charge in [0.2, 0.25) is 6.79 Å². The van der Waals surface area contributed by atoms with Crippen LogP contribution in [0.5, 0.6) is 11.5 Å². The smallest absolute Gasteiger partial charge is 0.338 e. The summed E-state index contributed by atoms with van der Waals surface area (Å²) in [6, 6.07) is 18.9. The Bertz CT molecular complexity index is 1390. The number of ether oxygens (including phenoxy) is 3. The van der Waals surface area contributed by atoms with Crippen molar-refractivity contribution in [3.8, 4) is 11.5 Å². The van der Waals surface area contributed by atoms with Crippen molar-refractivity contribution in [3.05, 3.63) is 82.9 Å². The molecule has 8 heteroatoms. The average Bonchev–Trinajstić information content (AvgIpc) is 3.53. The van der Waals surface area contributed by atoms with Crippen LogP contribution in [-0.4, -0.2) is 43.3 Å². The zero-order chi connectivity index (χ0) is 26.6. The summed E-state index contributed by atoms with van der Waals surface area (Å²) in [5.74, 6) is 0.586. The van der Waals surface area contributed by atoms with Gasteiger partial charge in [0.15, 0.2) is 11.5 Å². The van der Waals surface area contributed by atoms with Crippen LogP contribution in [0.25, 0.3) is 11.3 Å². The van der Waals surface area contributed by atoms with Gasteiger partial charge in [0.1, 0.15) is 0 Å². The van der Waals surface area contributed by atoms with Crippen LogP contribution in [-0.2, 0) is 16.1 Å². The summed E-state index contributed by atoms with van der Waals surface area (Å²) in [6.45, 7) is 9.36. The predicted octanol–water partition coefficient (Wildman–Crippen LogP) is 5.37. The maximum absolute atomic E-state index is 13.3. The number of anilines is 2. The number of carbonyl (C=O) groups is 2. The zero-order valence-electron chi connectivity index (χ0n) is 21.8. The molecule has 0 saturated carbocycles. The number of nitrogens with zero attached hydrogens (tertiary/aromatic N) is 1. The van der Waals surface area contributed by atoms with Gasteiger partial charge in [-0.25, -0.2) is 4.79 Å². The first kappa shape index (κ1) is 25.4. The van der Waals surface area contributed by atoms with Crippen LogP contribution >= 0.6 is 0 Å². The molecule has 0 spiro atoms. The molecular weight excluding hydrogens is 482 g/mol. The Balaban J connectivity index is 1.55. The highest BCUT2D eigenvalue weighted by Gasteiger charge is 2.30. The van der Waals surface area contributed by atoms with Crippen LogP contribution in [0.4, 0.5) is 11.4 Å². The second kappa shape index (κ2) is 11.0. The molecule has 0 aromatic heterocycles. The fourth-order valence-electron chi connectivity index (χ4n) is 4.64. The summed E-state index contributed by atoms with van der Waals surface area (Å²) in [5, 5.41) is 6.39. The van der Waals surface area contributed by atoms with Gasteiger partial charge in [0.25, 0.3) is 5.91 Å². The molecule has 0 radical (unpaired) electrons. The largest absolute Gasteiger partial charge is 0.462 e. The van der Waals surface area contributed by atoms with Crippen LogP contribution < -0.4 is 20.1 Å². The minimum absolute atomic E-state index is 0.159. The van der Waals surface area contributed by atoms with Gasteiger partial charge < -0.3 is 24.8 Å². The number of hydrogen-bond acceptors (Lipinski definition) is 7. The van der Waals surface area contributed by atoms with E-state index in [4.69, 9.17) is 14.2 Å². The van der Waals surface area contributed by atoms with Crippen molar-refractivity contribution in [1.82, 2.24) is 4.90 Å². The van der Waals surface area contributed by atoms with Gasteiger partial charge in [-0.2, -0.15) is 0 Å². The second-order valence-electron chi connectivity index (χ2n) is 9.04. The molecule has 2 N–H and O–H groups in total. The molecule has 3 aromatic carbocycles. The molecular formula is C30H31N3O5. The number of fused-ring (bicyclic) bond motifs is 2. The highest BCUT2D eigenvalue weighted by atomic mass is 16.7. The predicted molar refractivity (Wildman–Crippen MR) is 147 cm³/mol. The molecule has 0 unspecified atom stereocenters. The first-order chi connectivity index (χ1) is 18.5. The van der Waals surface area contributed by atoms with Crippen LogP contribution in [0.1, 0.15) is 47.8 Å². The third kappa shape index (κ3) is 5.08. The molecule has 2 aliphatic rings. The molecule has 196 valence electrons. The highest BCUT2D eigenvalue weighted by molar-refractivity contribution is 6.37. The molecule has 0 saturated heterocycles. The molecule has 38 heavy (non-hydrogen) atoms.